The summed E-state index contributed by atoms with van der Waals surface area (Å²) in [7, 11) is 1.76. The first kappa shape index (κ1) is 14.3. The number of likely N-dealkylation sites (tertiary alicyclic amines) is 1. The quantitative estimate of drug-likeness (QED) is 0.868. The lowest BCUT2D eigenvalue weighted by molar-refractivity contribution is 0.0100. The summed E-state index contributed by atoms with van der Waals surface area (Å²) >= 11 is 0. The summed E-state index contributed by atoms with van der Waals surface area (Å²) in [5.74, 6) is 0.371. The number of aryl methyl sites for hydroxylation is 1. The molecular formula is C15H24N2O2. The van der Waals surface area contributed by atoms with Gasteiger partial charge in [0.15, 0.2) is 0 Å². The normalized spacial score (nSPS) is 24.6. The lowest BCUT2D eigenvalue weighted by atomic mass is 9.98. The number of methoxy groups -OCH3 is 1. The van der Waals surface area contributed by atoms with Crippen molar-refractivity contribution < 1.29 is 9.84 Å². The van der Waals surface area contributed by atoms with Crippen molar-refractivity contribution in [3.8, 4) is 5.75 Å². The molecule has 1 aliphatic rings. The Morgan fingerprint density at radius 2 is 2.26 bits per heavy atom. The van der Waals surface area contributed by atoms with Gasteiger partial charge < -0.3 is 15.6 Å². The largest absolute Gasteiger partial charge is 0.508 e. The second kappa shape index (κ2) is 6.37. The van der Waals surface area contributed by atoms with E-state index < -0.39 is 0 Å². The number of nitrogens with two attached hydrogens (primary N) is 1. The smallest absolute Gasteiger partial charge is 0.120 e. The van der Waals surface area contributed by atoms with Crippen molar-refractivity contribution in [1.29, 1.82) is 0 Å². The molecule has 0 radical (unpaired) electrons. The molecular weight excluding hydrogens is 240 g/mol. The molecule has 0 amide bonds. The Morgan fingerprint density at radius 1 is 1.47 bits per heavy atom. The van der Waals surface area contributed by atoms with Crippen LogP contribution in [-0.2, 0) is 11.3 Å². The number of nitrogens with zero attached hydrogens (tertiary/aromatic N) is 1. The molecule has 1 fully saturated rings. The van der Waals surface area contributed by atoms with Crippen molar-refractivity contribution in [3.05, 3.63) is 29.3 Å². The molecule has 0 aliphatic carbocycles. The highest BCUT2D eigenvalue weighted by molar-refractivity contribution is 5.35. The summed E-state index contributed by atoms with van der Waals surface area (Å²) < 4.78 is 5.43. The van der Waals surface area contributed by atoms with Crippen molar-refractivity contribution in [3.63, 3.8) is 0 Å². The molecule has 1 aromatic carbocycles. The molecule has 2 unspecified atom stereocenters. The van der Waals surface area contributed by atoms with Crippen LogP contribution in [0.5, 0.6) is 5.75 Å². The first-order chi connectivity index (χ1) is 9.13. The summed E-state index contributed by atoms with van der Waals surface area (Å²) in [5.41, 5.74) is 8.02. The zero-order valence-corrected chi connectivity index (χ0v) is 11.8. The molecule has 1 heterocycles. The topological polar surface area (TPSA) is 58.7 Å². The van der Waals surface area contributed by atoms with E-state index in [2.05, 4.69) is 4.90 Å². The Labute approximate surface area is 115 Å². The van der Waals surface area contributed by atoms with Gasteiger partial charge in [0.1, 0.15) is 5.75 Å². The van der Waals surface area contributed by atoms with Crippen LogP contribution >= 0.6 is 0 Å². The monoisotopic (exact) mass is 264 g/mol. The Morgan fingerprint density at radius 3 is 2.95 bits per heavy atom. The van der Waals surface area contributed by atoms with E-state index in [1.165, 1.54) is 5.56 Å². The van der Waals surface area contributed by atoms with Crippen molar-refractivity contribution in [2.45, 2.75) is 38.5 Å². The number of piperidine rings is 1. The third-order valence-electron chi connectivity index (χ3n) is 4.00. The number of hydrogen-bond donors (Lipinski definition) is 2. The van der Waals surface area contributed by atoms with Crippen molar-refractivity contribution in [2.75, 3.05) is 20.2 Å². The number of benzene rings is 1. The Balaban J connectivity index is 2.07. The van der Waals surface area contributed by atoms with Crippen LogP contribution in [0.2, 0.25) is 0 Å². The Bertz CT molecular complexity index is 423. The van der Waals surface area contributed by atoms with Gasteiger partial charge in [0, 0.05) is 38.3 Å². The maximum atomic E-state index is 9.94. The predicted molar refractivity (Wildman–Crippen MR) is 76.1 cm³/mol. The number of phenols is 1. The molecule has 0 saturated carbocycles. The van der Waals surface area contributed by atoms with E-state index in [9.17, 15) is 5.11 Å². The Kier molecular flexibility index (Phi) is 4.80. The van der Waals surface area contributed by atoms with E-state index in [0.29, 0.717) is 24.4 Å². The third-order valence-corrected chi connectivity index (χ3v) is 4.00. The minimum Gasteiger partial charge on any atom is -0.508 e. The summed E-state index contributed by atoms with van der Waals surface area (Å²) in [5, 5.41) is 9.94. The average molecular weight is 264 g/mol. The summed E-state index contributed by atoms with van der Waals surface area (Å²) in [4.78, 5) is 2.35. The predicted octanol–water partition coefficient (Wildman–Crippen LogP) is 1.64. The minimum absolute atomic E-state index is 0.316. The first-order valence-corrected chi connectivity index (χ1v) is 6.89. The van der Waals surface area contributed by atoms with E-state index >= 15 is 0 Å². The maximum Gasteiger partial charge on any atom is 0.120 e. The van der Waals surface area contributed by atoms with E-state index in [-0.39, 0.29) is 0 Å². The number of rotatable bonds is 4. The Hall–Kier alpha value is -1.10. The van der Waals surface area contributed by atoms with Crippen LogP contribution in [0.15, 0.2) is 18.2 Å². The molecule has 4 heteroatoms. The van der Waals surface area contributed by atoms with Crippen molar-refractivity contribution in [2.24, 2.45) is 5.73 Å². The first-order valence-electron chi connectivity index (χ1n) is 6.89. The molecule has 4 nitrogen and oxygen atoms in total. The highest BCUT2D eigenvalue weighted by atomic mass is 16.5. The number of ether oxygens (including phenoxy) is 1. The summed E-state index contributed by atoms with van der Waals surface area (Å²) in [6.45, 7) is 4.40. The fraction of sp³-hybridized carbons (Fsp3) is 0.600. The van der Waals surface area contributed by atoms with Crippen molar-refractivity contribution >= 4 is 0 Å². The molecule has 0 aromatic heterocycles. The average Bonchev–Trinajstić information content (AvgIpc) is 2.43. The van der Waals surface area contributed by atoms with Gasteiger partial charge in [-0.05, 0) is 25.8 Å². The van der Waals surface area contributed by atoms with Crippen LogP contribution in [0.3, 0.4) is 0 Å². The second-order valence-electron chi connectivity index (χ2n) is 5.37. The van der Waals surface area contributed by atoms with Crippen molar-refractivity contribution in [1.82, 2.24) is 4.90 Å². The molecule has 1 aliphatic heterocycles. The number of aromatic hydroxyl groups is 1. The molecule has 2 rings (SSSR count). The SMILES string of the molecule is COC1CCN(Cc2cc(C)ccc2O)C(CN)C1. The van der Waals surface area contributed by atoms with Crippen LogP contribution in [0.4, 0.5) is 0 Å². The van der Waals surface area contributed by atoms with Gasteiger partial charge in [0.05, 0.1) is 6.10 Å². The molecule has 3 N–H and O–H groups in total. The fourth-order valence-corrected chi connectivity index (χ4v) is 2.79. The van der Waals surface area contributed by atoms with E-state index in [0.717, 1.165) is 31.5 Å². The van der Waals surface area contributed by atoms with Gasteiger partial charge in [-0.1, -0.05) is 17.7 Å². The van der Waals surface area contributed by atoms with Gasteiger partial charge >= 0.3 is 0 Å². The van der Waals surface area contributed by atoms with E-state index in [1.54, 1.807) is 13.2 Å². The number of hydrogen-bond acceptors (Lipinski definition) is 4. The standard InChI is InChI=1S/C15H24N2O2/c1-11-3-4-15(18)12(7-11)10-17-6-5-14(19-2)8-13(17)9-16/h3-4,7,13-14,18H,5-6,8-10,16H2,1-2H3. The molecule has 1 saturated heterocycles. The van der Waals surface area contributed by atoms with Crippen LogP contribution in [0.1, 0.15) is 24.0 Å². The fourth-order valence-electron chi connectivity index (χ4n) is 2.79. The van der Waals surface area contributed by atoms with E-state index in [4.69, 9.17) is 10.5 Å². The molecule has 0 bridgehead atoms. The lowest BCUT2D eigenvalue weighted by Crippen LogP contribution is -2.47. The summed E-state index contributed by atoms with van der Waals surface area (Å²) in [6.07, 6.45) is 2.31. The third kappa shape index (κ3) is 3.47. The highest BCUT2D eigenvalue weighted by Crippen LogP contribution is 2.25. The van der Waals surface area contributed by atoms with Gasteiger partial charge in [0.2, 0.25) is 0 Å². The molecule has 1 aromatic rings. The lowest BCUT2D eigenvalue weighted by Gasteiger charge is -2.38. The molecule has 106 valence electrons. The zero-order chi connectivity index (χ0) is 13.8. The minimum atomic E-state index is 0.316. The second-order valence-corrected chi connectivity index (χ2v) is 5.37. The van der Waals surface area contributed by atoms with Gasteiger partial charge in [-0.2, -0.15) is 0 Å². The number of phenolic OH excluding ortho intramolecular Hbond substituents is 1. The molecule has 2 atom stereocenters. The van der Waals surface area contributed by atoms with Gasteiger partial charge in [0.25, 0.3) is 0 Å². The van der Waals surface area contributed by atoms with Gasteiger partial charge in [-0.3, -0.25) is 4.90 Å². The summed E-state index contributed by atoms with van der Waals surface area (Å²) in [6, 6.07) is 6.07. The van der Waals surface area contributed by atoms with Gasteiger partial charge in [-0.25, -0.2) is 0 Å². The zero-order valence-electron chi connectivity index (χ0n) is 11.8. The van der Waals surface area contributed by atoms with Crippen LogP contribution in [0, 0.1) is 6.92 Å². The molecule has 0 spiro atoms. The molecule has 19 heavy (non-hydrogen) atoms. The van der Waals surface area contributed by atoms with Gasteiger partial charge in [-0.15, -0.1) is 0 Å². The highest BCUT2D eigenvalue weighted by Gasteiger charge is 2.27. The van der Waals surface area contributed by atoms with E-state index in [1.807, 2.05) is 19.1 Å². The van der Waals surface area contributed by atoms with Crippen LogP contribution in [-0.4, -0.2) is 42.4 Å². The van der Waals surface area contributed by atoms with Crippen LogP contribution in [0.25, 0.3) is 0 Å². The maximum absolute atomic E-state index is 9.94. The van der Waals surface area contributed by atoms with Crippen LogP contribution < -0.4 is 5.73 Å².